The number of carboxylic acid groups (broad SMARTS) is 1. The molecule has 0 aliphatic carbocycles. The van der Waals surface area contributed by atoms with Crippen LogP contribution in [0.4, 0.5) is 0 Å². The average Bonchev–Trinajstić information content (AvgIpc) is 2.62. The predicted molar refractivity (Wildman–Crippen MR) is 71.9 cm³/mol. The van der Waals surface area contributed by atoms with E-state index in [4.69, 9.17) is 10.8 Å². The zero-order chi connectivity index (χ0) is 10.8. The van der Waals surface area contributed by atoms with Crippen LogP contribution < -0.4 is 5.73 Å². The molecule has 6 heteroatoms. The number of fused-ring (bicyclic) bond motifs is 1. The number of H-pyrrole nitrogens is 1. The zero-order valence-corrected chi connectivity index (χ0v) is 8.10. The second-order valence-electron chi connectivity index (χ2n) is 3.51. The van der Waals surface area contributed by atoms with E-state index in [1.165, 1.54) is 0 Å². The zero-order valence-electron chi connectivity index (χ0n) is 8.10. The summed E-state index contributed by atoms with van der Waals surface area (Å²) in [4.78, 5) is 13.7. The minimum atomic E-state index is -0.972. The number of carbonyl (C=O) groups is 1. The molecule has 0 fully saturated rings. The molecule has 2 rings (SSSR count). The van der Waals surface area contributed by atoms with Gasteiger partial charge in [-0.15, -0.1) is 0 Å². The first-order chi connectivity index (χ1) is 7.18. The van der Waals surface area contributed by atoms with E-state index in [-0.39, 0.29) is 80.9 Å². The van der Waals surface area contributed by atoms with Crippen LogP contribution in [0.5, 0.6) is 0 Å². The molecule has 0 radical (unpaired) electrons. The number of para-hydroxylation sites is 1. The normalized spacial score (nSPS) is 11.4. The monoisotopic (exact) mass is 268 g/mol. The van der Waals surface area contributed by atoms with E-state index in [1.54, 1.807) is 0 Å². The van der Waals surface area contributed by atoms with E-state index in [0.29, 0.717) is 6.42 Å². The van der Waals surface area contributed by atoms with Crippen LogP contribution in [0.3, 0.4) is 0 Å². The molecule has 0 unspecified atom stereocenters. The number of aliphatic carboxylic acids is 1. The summed E-state index contributed by atoms with van der Waals surface area (Å²) in [5, 5.41) is 9.75. The molecule has 0 spiro atoms. The molecule has 0 saturated carbocycles. The molecule has 1 heterocycles. The molecule has 4 N–H and O–H groups in total. The first kappa shape index (κ1) is 17.8. The van der Waals surface area contributed by atoms with Gasteiger partial charge in [0.25, 0.3) is 0 Å². The fourth-order valence-electron chi connectivity index (χ4n) is 1.62. The van der Waals surface area contributed by atoms with Crippen molar-refractivity contribution in [1.29, 1.82) is 0 Å². The van der Waals surface area contributed by atoms with Gasteiger partial charge in [-0.1, -0.05) is 18.2 Å². The fourth-order valence-corrected chi connectivity index (χ4v) is 1.62. The minimum absolute atomic E-state index is 0. The van der Waals surface area contributed by atoms with Crippen molar-refractivity contribution in [2.24, 2.45) is 5.73 Å². The van der Waals surface area contributed by atoms with Crippen molar-refractivity contribution in [2.45, 2.75) is 12.5 Å². The number of aromatic amines is 1. The molecule has 1 aromatic carbocycles. The summed E-state index contributed by atoms with van der Waals surface area (Å²) < 4.78 is 0. The molecule has 0 saturated heterocycles. The molecule has 2 aromatic rings. The maximum atomic E-state index is 10.6. The molecule has 0 bridgehead atoms. The predicted octanol–water partition coefficient (Wildman–Crippen LogP) is -0.175. The number of nitrogens with two attached hydrogens (primary N) is 1. The van der Waals surface area contributed by atoms with Gasteiger partial charge in [0.2, 0.25) is 0 Å². The molecular weight excluding hydrogens is 254 g/mol. The van der Waals surface area contributed by atoms with Gasteiger partial charge in [0.1, 0.15) is 6.04 Å². The van der Waals surface area contributed by atoms with Crippen LogP contribution in [0.1, 0.15) is 5.56 Å². The van der Waals surface area contributed by atoms with Crippen LogP contribution in [-0.4, -0.2) is 103 Å². The van der Waals surface area contributed by atoms with Crippen molar-refractivity contribution in [2.75, 3.05) is 0 Å². The maximum absolute atomic E-state index is 10.6. The molecule has 1 atom stereocenters. The molecular formula is C11H14KN2NaO2. The van der Waals surface area contributed by atoms with Crippen molar-refractivity contribution < 1.29 is 9.90 Å². The van der Waals surface area contributed by atoms with Gasteiger partial charge in [0, 0.05) is 23.5 Å². The van der Waals surface area contributed by atoms with Gasteiger partial charge in [-0.05, 0) is 11.6 Å². The van der Waals surface area contributed by atoms with Gasteiger partial charge in [0.05, 0.1) is 0 Å². The number of nitrogens with one attached hydrogen (secondary N) is 1. The molecule has 1 aromatic heterocycles. The Balaban J connectivity index is 0.00000128. The van der Waals surface area contributed by atoms with Crippen LogP contribution in [0.25, 0.3) is 10.9 Å². The number of carboxylic acids is 1. The van der Waals surface area contributed by atoms with Crippen LogP contribution >= 0.6 is 0 Å². The SMILES string of the molecule is N[C@@H](Cc1c[nH]c2ccccc12)C(=O)O.[KH].[NaH]. The second kappa shape index (κ2) is 8.09. The van der Waals surface area contributed by atoms with E-state index in [2.05, 4.69) is 4.98 Å². The average molecular weight is 268 g/mol. The number of benzene rings is 1. The van der Waals surface area contributed by atoms with Crippen LogP contribution in [0.2, 0.25) is 0 Å². The second-order valence-corrected chi connectivity index (χ2v) is 3.51. The quantitative estimate of drug-likeness (QED) is 0.676. The summed E-state index contributed by atoms with van der Waals surface area (Å²) in [5.41, 5.74) is 7.43. The summed E-state index contributed by atoms with van der Waals surface area (Å²) in [5.74, 6) is -0.972. The Morgan fingerprint density at radius 2 is 2.06 bits per heavy atom. The van der Waals surface area contributed by atoms with E-state index in [9.17, 15) is 4.79 Å². The van der Waals surface area contributed by atoms with Crippen LogP contribution in [0.15, 0.2) is 30.5 Å². The standard InChI is InChI=1S/C11H12N2O2.K.Na.2H/c12-9(11(14)15)5-7-6-13-10-4-2-1-3-8(7)10;;;;/h1-4,6,9,13H,5,12H2,(H,14,15);;;;/t9-;;;;/m0..../s1. The third-order valence-corrected chi connectivity index (χ3v) is 2.43. The Kier molecular flexibility index (Phi) is 8.48. The number of hydrogen-bond donors (Lipinski definition) is 3. The van der Waals surface area contributed by atoms with Crippen LogP contribution in [-0.2, 0) is 11.2 Å². The van der Waals surface area contributed by atoms with Crippen LogP contribution in [0, 0.1) is 0 Å². The molecule has 4 nitrogen and oxygen atoms in total. The van der Waals surface area contributed by atoms with Crippen molar-refractivity contribution >= 4 is 97.8 Å². The van der Waals surface area contributed by atoms with E-state index in [1.807, 2.05) is 30.5 Å². The Hall–Kier alpha value is 0.826. The van der Waals surface area contributed by atoms with Gasteiger partial charge in [0.15, 0.2) is 0 Å². The molecule has 0 aliphatic heterocycles. The van der Waals surface area contributed by atoms with E-state index >= 15 is 0 Å². The molecule has 82 valence electrons. The Morgan fingerprint density at radius 3 is 2.71 bits per heavy atom. The van der Waals surface area contributed by atoms with E-state index < -0.39 is 12.0 Å². The van der Waals surface area contributed by atoms with Gasteiger partial charge < -0.3 is 15.8 Å². The topological polar surface area (TPSA) is 79.1 Å². The van der Waals surface area contributed by atoms with Gasteiger partial charge in [-0.25, -0.2) is 0 Å². The van der Waals surface area contributed by atoms with E-state index in [0.717, 1.165) is 16.5 Å². The molecule has 0 aliphatic rings. The summed E-state index contributed by atoms with van der Waals surface area (Å²) in [6.45, 7) is 0. The first-order valence-corrected chi connectivity index (χ1v) is 4.72. The number of hydrogen-bond acceptors (Lipinski definition) is 2. The summed E-state index contributed by atoms with van der Waals surface area (Å²) >= 11 is 0. The fraction of sp³-hybridized carbons (Fsp3) is 0.182. The Labute approximate surface area is 164 Å². The Morgan fingerprint density at radius 1 is 1.41 bits per heavy atom. The van der Waals surface area contributed by atoms with Gasteiger partial charge >= 0.3 is 86.9 Å². The van der Waals surface area contributed by atoms with Crippen molar-refractivity contribution in [3.63, 3.8) is 0 Å². The Bertz CT molecular complexity index is 501. The van der Waals surface area contributed by atoms with Gasteiger partial charge in [-0.3, -0.25) is 4.79 Å². The molecule has 17 heavy (non-hydrogen) atoms. The van der Waals surface area contributed by atoms with Crippen molar-refractivity contribution in [3.8, 4) is 0 Å². The first-order valence-electron chi connectivity index (χ1n) is 4.72. The third-order valence-electron chi connectivity index (χ3n) is 2.43. The molecule has 0 amide bonds. The third kappa shape index (κ3) is 4.45. The summed E-state index contributed by atoms with van der Waals surface area (Å²) in [6.07, 6.45) is 2.16. The van der Waals surface area contributed by atoms with Crippen molar-refractivity contribution in [1.82, 2.24) is 4.98 Å². The summed E-state index contributed by atoms with van der Waals surface area (Å²) in [7, 11) is 0. The number of rotatable bonds is 3. The van der Waals surface area contributed by atoms with Gasteiger partial charge in [-0.2, -0.15) is 0 Å². The van der Waals surface area contributed by atoms with Crippen molar-refractivity contribution in [3.05, 3.63) is 36.0 Å². The number of aromatic nitrogens is 1. The summed E-state index contributed by atoms with van der Waals surface area (Å²) in [6, 6.07) is 6.91.